The van der Waals surface area contributed by atoms with E-state index in [1.165, 1.54) is 0 Å². The normalized spacial score (nSPS) is 9.44. The third-order valence-corrected chi connectivity index (χ3v) is 2.10. The van der Waals surface area contributed by atoms with E-state index in [-0.39, 0.29) is 5.91 Å². The maximum absolute atomic E-state index is 10.5. The number of primary amides is 1. The quantitative estimate of drug-likeness (QED) is 0.502. The second kappa shape index (κ2) is 5.61. The highest BCUT2D eigenvalue weighted by Crippen LogP contribution is 2.16. The predicted octanol–water partition coefficient (Wildman–Crippen LogP) is 0.818. The van der Waals surface area contributed by atoms with Gasteiger partial charge in [-0.15, -0.1) is 0 Å². The van der Waals surface area contributed by atoms with Gasteiger partial charge in [-0.2, -0.15) is 5.26 Å². The van der Waals surface area contributed by atoms with Crippen LogP contribution in [0.2, 0.25) is 0 Å². The zero-order valence-electron chi connectivity index (χ0n) is 8.86. The molecule has 0 heterocycles. The van der Waals surface area contributed by atoms with E-state index in [4.69, 9.17) is 16.7 Å². The lowest BCUT2D eigenvalue weighted by Crippen LogP contribution is -2.12. The van der Waals surface area contributed by atoms with Crippen LogP contribution < -0.4 is 16.8 Å². The molecule has 0 saturated carbocycles. The average molecular weight is 218 g/mol. The molecule has 1 aromatic rings. The van der Waals surface area contributed by atoms with Gasteiger partial charge in [0.05, 0.1) is 5.56 Å². The van der Waals surface area contributed by atoms with Crippen molar-refractivity contribution in [2.24, 2.45) is 5.73 Å². The Morgan fingerprint density at radius 2 is 2.25 bits per heavy atom. The van der Waals surface area contributed by atoms with Crippen LogP contribution >= 0.6 is 0 Å². The van der Waals surface area contributed by atoms with E-state index in [0.717, 1.165) is 5.69 Å². The molecule has 0 spiro atoms. The summed E-state index contributed by atoms with van der Waals surface area (Å²) in [6.45, 7) is 0.637. The molecule has 5 nitrogen and oxygen atoms in total. The molecular weight excluding hydrogens is 204 g/mol. The molecule has 0 atom stereocenters. The Morgan fingerprint density at radius 3 is 2.88 bits per heavy atom. The highest BCUT2D eigenvalue weighted by atomic mass is 16.1. The molecule has 16 heavy (non-hydrogen) atoms. The standard InChI is InChI=1S/C11H14N4O/c12-7-8-6-9(3-4-10(8)13)15-5-1-2-11(14)16/h3-4,6,15H,1-2,5,13H2,(H2,14,16). The number of anilines is 2. The lowest BCUT2D eigenvalue weighted by atomic mass is 10.1. The number of carbonyl (C=O) groups is 1. The Hall–Kier alpha value is -2.22. The van der Waals surface area contributed by atoms with Crippen molar-refractivity contribution in [3.63, 3.8) is 0 Å². The first-order valence-electron chi connectivity index (χ1n) is 4.95. The number of benzene rings is 1. The zero-order chi connectivity index (χ0) is 12.0. The number of rotatable bonds is 5. The van der Waals surface area contributed by atoms with E-state index in [9.17, 15) is 4.79 Å². The fourth-order valence-electron chi connectivity index (χ4n) is 1.26. The number of nitriles is 1. The Balaban J connectivity index is 2.49. The summed E-state index contributed by atoms with van der Waals surface area (Å²) in [4.78, 5) is 10.5. The summed E-state index contributed by atoms with van der Waals surface area (Å²) in [5.74, 6) is -0.308. The van der Waals surface area contributed by atoms with E-state index in [0.29, 0.717) is 30.6 Å². The molecule has 0 fully saturated rings. The molecule has 0 aliphatic rings. The highest BCUT2D eigenvalue weighted by Gasteiger charge is 2.00. The van der Waals surface area contributed by atoms with Crippen LogP contribution in [0.15, 0.2) is 18.2 Å². The number of amides is 1. The Labute approximate surface area is 94.0 Å². The molecule has 1 aromatic carbocycles. The van der Waals surface area contributed by atoms with Gasteiger partial charge >= 0.3 is 0 Å². The first-order valence-corrected chi connectivity index (χ1v) is 4.95. The Kier molecular flexibility index (Phi) is 4.16. The van der Waals surface area contributed by atoms with Gasteiger partial charge in [0.15, 0.2) is 0 Å². The van der Waals surface area contributed by atoms with Gasteiger partial charge in [0, 0.05) is 24.3 Å². The van der Waals surface area contributed by atoms with Crippen LogP contribution in [0.4, 0.5) is 11.4 Å². The van der Waals surface area contributed by atoms with Gasteiger partial charge in [-0.1, -0.05) is 0 Å². The summed E-state index contributed by atoms with van der Waals surface area (Å²) in [5.41, 5.74) is 12.3. The fourth-order valence-corrected chi connectivity index (χ4v) is 1.26. The van der Waals surface area contributed by atoms with Gasteiger partial charge in [-0.05, 0) is 24.6 Å². The smallest absolute Gasteiger partial charge is 0.217 e. The molecule has 1 amide bonds. The topological polar surface area (TPSA) is 105 Å². The van der Waals surface area contributed by atoms with Gasteiger partial charge in [-0.25, -0.2) is 0 Å². The molecule has 0 aliphatic carbocycles. The van der Waals surface area contributed by atoms with Crippen molar-refractivity contribution in [1.82, 2.24) is 0 Å². The lowest BCUT2D eigenvalue weighted by Gasteiger charge is -2.06. The largest absolute Gasteiger partial charge is 0.398 e. The third-order valence-electron chi connectivity index (χ3n) is 2.10. The minimum Gasteiger partial charge on any atom is -0.398 e. The molecule has 1 rings (SSSR count). The molecule has 5 N–H and O–H groups in total. The predicted molar refractivity (Wildman–Crippen MR) is 62.5 cm³/mol. The van der Waals surface area contributed by atoms with Crippen LogP contribution in [0.3, 0.4) is 0 Å². The van der Waals surface area contributed by atoms with Crippen molar-refractivity contribution in [3.05, 3.63) is 23.8 Å². The van der Waals surface area contributed by atoms with Crippen LogP contribution in [0, 0.1) is 11.3 Å². The fraction of sp³-hybridized carbons (Fsp3) is 0.273. The van der Waals surface area contributed by atoms with Crippen molar-refractivity contribution in [3.8, 4) is 6.07 Å². The Bertz CT molecular complexity index is 422. The third kappa shape index (κ3) is 3.50. The van der Waals surface area contributed by atoms with Gasteiger partial charge in [0.2, 0.25) is 5.91 Å². The average Bonchev–Trinajstić information content (AvgIpc) is 2.26. The number of hydrogen-bond donors (Lipinski definition) is 3. The lowest BCUT2D eigenvalue weighted by molar-refractivity contribution is -0.118. The van der Waals surface area contributed by atoms with E-state index < -0.39 is 0 Å². The first-order chi connectivity index (χ1) is 7.63. The van der Waals surface area contributed by atoms with Crippen molar-refractivity contribution >= 4 is 17.3 Å². The van der Waals surface area contributed by atoms with Crippen LogP contribution in [0.1, 0.15) is 18.4 Å². The second-order valence-electron chi connectivity index (χ2n) is 3.41. The van der Waals surface area contributed by atoms with Gasteiger partial charge in [-0.3, -0.25) is 4.79 Å². The highest BCUT2D eigenvalue weighted by molar-refractivity contribution is 5.73. The summed E-state index contributed by atoms with van der Waals surface area (Å²) >= 11 is 0. The summed E-state index contributed by atoms with van der Waals surface area (Å²) in [5, 5.41) is 11.9. The molecule has 0 radical (unpaired) electrons. The molecule has 0 unspecified atom stereocenters. The van der Waals surface area contributed by atoms with Crippen LogP contribution in [0.25, 0.3) is 0 Å². The minimum atomic E-state index is -0.308. The van der Waals surface area contributed by atoms with Gasteiger partial charge in [0.25, 0.3) is 0 Å². The van der Waals surface area contributed by atoms with Crippen LogP contribution in [-0.2, 0) is 4.79 Å². The van der Waals surface area contributed by atoms with Crippen molar-refractivity contribution in [2.75, 3.05) is 17.6 Å². The van der Waals surface area contributed by atoms with Crippen LogP contribution in [0.5, 0.6) is 0 Å². The summed E-state index contributed by atoms with van der Waals surface area (Å²) in [6, 6.07) is 7.15. The van der Waals surface area contributed by atoms with Crippen molar-refractivity contribution in [2.45, 2.75) is 12.8 Å². The SMILES string of the molecule is N#Cc1cc(NCCCC(N)=O)ccc1N. The molecule has 0 aromatic heterocycles. The molecule has 84 valence electrons. The van der Waals surface area contributed by atoms with Crippen molar-refractivity contribution in [1.29, 1.82) is 5.26 Å². The van der Waals surface area contributed by atoms with Gasteiger partial charge in [0.1, 0.15) is 6.07 Å². The number of nitrogens with one attached hydrogen (secondary N) is 1. The summed E-state index contributed by atoms with van der Waals surface area (Å²) < 4.78 is 0. The maximum Gasteiger partial charge on any atom is 0.217 e. The molecular formula is C11H14N4O. The van der Waals surface area contributed by atoms with E-state index in [1.54, 1.807) is 18.2 Å². The number of nitrogen functional groups attached to an aromatic ring is 1. The number of hydrogen-bond acceptors (Lipinski definition) is 4. The molecule has 0 aliphatic heterocycles. The van der Waals surface area contributed by atoms with E-state index in [2.05, 4.69) is 5.32 Å². The second-order valence-corrected chi connectivity index (χ2v) is 3.41. The first kappa shape index (κ1) is 11.9. The molecule has 0 bridgehead atoms. The zero-order valence-corrected chi connectivity index (χ0v) is 8.86. The summed E-state index contributed by atoms with van der Waals surface area (Å²) in [6.07, 6.45) is 1.02. The van der Waals surface area contributed by atoms with E-state index in [1.807, 2.05) is 6.07 Å². The van der Waals surface area contributed by atoms with E-state index >= 15 is 0 Å². The Morgan fingerprint density at radius 1 is 1.50 bits per heavy atom. The van der Waals surface area contributed by atoms with Gasteiger partial charge < -0.3 is 16.8 Å². The number of nitrogens with zero attached hydrogens (tertiary/aromatic N) is 1. The molecule has 0 saturated heterocycles. The van der Waals surface area contributed by atoms with Crippen molar-refractivity contribution < 1.29 is 4.79 Å². The minimum absolute atomic E-state index is 0.308. The monoisotopic (exact) mass is 218 g/mol. The summed E-state index contributed by atoms with van der Waals surface area (Å²) in [7, 11) is 0. The van der Waals surface area contributed by atoms with Crippen LogP contribution in [-0.4, -0.2) is 12.5 Å². The number of carbonyl (C=O) groups excluding carboxylic acids is 1. The maximum atomic E-state index is 10.5. The molecule has 5 heteroatoms. The number of nitrogens with two attached hydrogens (primary N) is 2.